The molecule has 1 aromatic carbocycles. The summed E-state index contributed by atoms with van der Waals surface area (Å²) in [4.78, 5) is 22.9. The molecule has 1 aromatic rings. The molecular weight excluding hydrogens is 252 g/mol. The van der Waals surface area contributed by atoms with Gasteiger partial charge in [0.2, 0.25) is 11.8 Å². The van der Waals surface area contributed by atoms with Crippen LogP contribution in [0.2, 0.25) is 5.02 Å². The fourth-order valence-corrected chi connectivity index (χ4v) is 2.13. The quantitative estimate of drug-likeness (QED) is 0.871. The zero-order chi connectivity index (χ0) is 13.0. The Morgan fingerprint density at radius 1 is 1.44 bits per heavy atom. The minimum Gasteiger partial charge on any atom is -0.355 e. The van der Waals surface area contributed by atoms with Gasteiger partial charge in [0, 0.05) is 24.5 Å². The second kappa shape index (κ2) is 5.87. The lowest BCUT2D eigenvalue weighted by Crippen LogP contribution is -2.42. The lowest BCUT2D eigenvalue weighted by Gasteiger charge is -2.21. The van der Waals surface area contributed by atoms with Crippen LogP contribution in [0.4, 0.5) is 0 Å². The van der Waals surface area contributed by atoms with Gasteiger partial charge in [-0.2, -0.15) is 0 Å². The summed E-state index contributed by atoms with van der Waals surface area (Å²) in [5.41, 5.74) is 0.896. The van der Waals surface area contributed by atoms with E-state index in [4.69, 9.17) is 11.6 Å². The monoisotopic (exact) mass is 266 g/mol. The highest BCUT2D eigenvalue weighted by Gasteiger charge is 2.24. The molecule has 2 rings (SSSR count). The number of piperidine rings is 1. The van der Waals surface area contributed by atoms with Gasteiger partial charge in [0.05, 0.1) is 5.92 Å². The van der Waals surface area contributed by atoms with E-state index in [0.717, 1.165) is 5.56 Å². The standard InChI is InChI=1S/C13H15ClN2O2/c14-11-4-2-1-3-9(11)7-16-13(18)10-5-6-12(17)15-8-10/h1-4,10H,5-8H2,(H,15,17)(H,16,18). The molecule has 5 heteroatoms. The Bertz CT molecular complexity index is 452. The highest BCUT2D eigenvalue weighted by atomic mass is 35.5. The summed E-state index contributed by atoms with van der Waals surface area (Å²) >= 11 is 6.00. The highest BCUT2D eigenvalue weighted by molar-refractivity contribution is 6.31. The van der Waals surface area contributed by atoms with Crippen LogP contribution in [-0.4, -0.2) is 18.4 Å². The molecule has 1 heterocycles. The molecule has 1 aliphatic heterocycles. The van der Waals surface area contributed by atoms with Crippen molar-refractivity contribution < 1.29 is 9.59 Å². The molecule has 2 N–H and O–H groups in total. The average Bonchev–Trinajstić information content (AvgIpc) is 2.38. The lowest BCUT2D eigenvalue weighted by molar-refractivity contribution is -0.129. The zero-order valence-electron chi connectivity index (χ0n) is 9.91. The van der Waals surface area contributed by atoms with E-state index in [9.17, 15) is 9.59 Å². The van der Waals surface area contributed by atoms with Gasteiger partial charge >= 0.3 is 0 Å². The molecule has 4 nitrogen and oxygen atoms in total. The number of hydrogen-bond acceptors (Lipinski definition) is 2. The molecule has 1 unspecified atom stereocenters. The maximum absolute atomic E-state index is 11.9. The van der Waals surface area contributed by atoms with Crippen molar-refractivity contribution in [2.45, 2.75) is 19.4 Å². The largest absolute Gasteiger partial charge is 0.355 e. The van der Waals surface area contributed by atoms with Gasteiger partial charge in [0.25, 0.3) is 0 Å². The molecule has 1 atom stereocenters. The smallest absolute Gasteiger partial charge is 0.225 e. The Balaban J connectivity index is 1.85. The predicted molar refractivity (Wildman–Crippen MR) is 69.0 cm³/mol. The van der Waals surface area contributed by atoms with E-state index < -0.39 is 0 Å². The first-order chi connectivity index (χ1) is 8.66. The fraction of sp³-hybridized carbons (Fsp3) is 0.385. The Kier molecular flexibility index (Phi) is 4.20. The first-order valence-corrected chi connectivity index (χ1v) is 6.32. The Labute approximate surface area is 111 Å². The van der Waals surface area contributed by atoms with Crippen molar-refractivity contribution >= 4 is 23.4 Å². The van der Waals surface area contributed by atoms with E-state index in [-0.39, 0.29) is 17.7 Å². The highest BCUT2D eigenvalue weighted by Crippen LogP contribution is 2.15. The van der Waals surface area contributed by atoms with Crippen LogP contribution in [-0.2, 0) is 16.1 Å². The summed E-state index contributed by atoms with van der Waals surface area (Å²) in [6, 6.07) is 7.41. The summed E-state index contributed by atoms with van der Waals surface area (Å²) in [5.74, 6) is -0.148. The maximum atomic E-state index is 11.9. The average molecular weight is 267 g/mol. The van der Waals surface area contributed by atoms with Gasteiger partial charge in [0.1, 0.15) is 0 Å². The number of carbonyl (C=O) groups excluding carboxylic acids is 2. The second-order valence-electron chi connectivity index (χ2n) is 4.35. The molecule has 0 spiro atoms. The number of halogens is 1. The molecule has 2 amide bonds. The SMILES string of the molecule is O=C1CCC(C(=O)NCc2ccccc2Cl)CN1. The van der Waals surface area contributed by atoms with Crippen molar-refractivity contribution in [1.82, 2.24) is 10.6 Å². The Hall–Kier alpha value is -1.55. The van der Waals surface area contributed by atoms with E-state index in [2.05, 4.69) is 10.6 Å². The van der Waals surface area contributed by atoms with Crippen LogP contribution in [0.15, 0.2) is 24.3 Å². The molecule has 0 aliphatic carbocycles. The van der Waals surface area contributed by atoms with Gasteiger partial charge in [-0.05, 0) is 18.1 Å². The third kappa shape index (κ3) is 3.23. The minimum atomic E-state index is -0.134. The van der Waals surface area contributed by atoms with Crippen LogP contribution in [0, 0.1) is 5.92 Å². The zero-order valence-corrected chi connectivity index (χ0v) is 10.7. The summed E-state index contributed by atoms with van der Waals surface area (Å²) in [6.07, 6.45) is 1.03. The molecule has 18 heavy (non-hydrogen) atoms. The fourth-order valence-electron chi connectivity index (χ4n) is 1.93. The first-order valence-electron chi connectivity index (χ1n) is 5.94. The third-order valence-corrected chi connectivity index (χ3v) is 3.42. The van der Waals surface area contributed by atoms with Gasteiger partial charge < -0.3 is 10.6 Å². The van der Waals surface area contributed by atoms with Gasteiger partial charge in [0.15, 0.2) is 0 Å². The van der Waals surface area contributed by atoms with E-state index in [1.165, 1.54) is 0 Å². The van der Waals surface area contributed by atoms with Crippen LogP contribution in [0.3, 0.4) is 0 Å². The van der Waals surface area contributed by atoms with Crippen LogP contribution in [0.5, 0.6) is 0 Å². The van der Waals surface area contributed by atoms with E-state index >= 15 is 0 Å². The molecular formula is C13H15ClN2O2. The molecule has 0 bridgehead atoms. The molecule has 0 aromatic heterocycles. The minimum absolute atomic E-state index is 0.0187. The lowest BCUT2D eigenvalue weighted by atomic mass is 9.98. The Morgan fingerprint density at radius 2 is 2.22 bits per heavy atom. The van der Waals surface area contributed by atoms with Gasteiger partial charge in [-0.25, -0.2) is 0 Å². The van der Waals surface area contributed by atoms with E-state index in [0.29, 0.717) is 31.0 Å². The molecule has 1 saturated heterocycles. The number of carbonyl (C=O) groups is 2. The van der Waals surface area contributed by atoms with Crippen molar-refractivity contribution in [3.63, 3.8) is 0 Å². The number of benzene rings is 1. The van der Waals surface area contributed by atoms with Gasteiger partial charge in [-0.1, -0.05) is 29.8 Å². The number of amides is 2. The van der Waals surface area contributed by atoms with Crippen molar-refractivity contribution in [3.05, 3.63) is 34.9 Å². The first kappa shape index (κ1) is 12.9. The van der Waals surface area contributed by atoms with Crippen molar-refractivity contribution in [2.24, 2.45) is 5.92 Å². The third-order valence-electron chi connectivity index (χ3n) is 3.05. The van der Waals surface area contributed by atoms with Gasteiger partial charge in [-0.15, -0.1) is 0 Å². The number of hydrogen-bond donors (Lipinski definition) is 2. The molecule has 1 fully saturated rings. The molecule has 0 radical (unpaired) electrons. The van der Waals surface area contributed by atoms with Crippen molar-refractivity contribution in [3.8, 4) is 0 Å². The van der Waals surface area contributed by atoms with Gasteiger partial charge in [-0.3, -0.25) is 9.59 Å². The molecule has 0 saturated carbocycles. The summed E-state index contributed by atoms with van der Waals surface area (Å²) in [7, 11) is 0. The normalized spacial score (nSPS) is 19.2. The molecule has 1 aliphatic rings. The number of rotatable bonds is 3. The number of nitrogens with one attached hydrogen (secondary N) is 2. The van der Waals surface area contributed by atoms with Crippen LogP contribution in [0.25, 0.3) is 0 Å². The Morgan fingerprint density at radius 3 is 2.89 bits per heavy atom. The maximum Gasteiger partial charge on any atom is 0.225 e. The summed E-state index contributed by atoms with van der Waals surface area (Å²) in [5, 5.41) is 6.19. The van der Waals surface area contributed by atoms with Crippen LogP contribution < -0.4 is 10.6 Å². The summed E-state index contributed by atoms with van der Waals surface area (Å²) in [6.45, 7) is 0.843. The van der Waals surface area contributed by atoms with E-state index in [1.807, 2.05) is 18.2 Å². The second-order valence-corrected chi connectivity index (χ2v) is 4.76. The molecule has 96 valence electrons. The van der Waals surface area contributed by atoms with Crippen molar-refractivity contribution in [1.29, 1.82) is 0 Å². The van der Waals surface area contributed by atoms with Crippen LogP contribution >= 0.6 is 11.6 Å². The predicted octanol–water partition coefficient (Wildman–Crippen LogP) is 1.48. The topological polar surface area (TPSA) is 58.2 Å². The summed E-state index contributed by atoms with van der Waals surface area (Å²) < 4.78 is 0. The van der Waals surface area contributed by atoms with Crippen molar-refractivity contribution in [2.75, 3.05) is 6.54 Å². The van der Waals surface area contributed by atoms with E-state index in [1.54, 1.807) is 6.07 Å². The van der Waals surface area contributed by atoms with Crippen LogP contribution in [0.1, 0.15) is 18.4 Å².